The van der Waals surface area contributed by atoms with Gasteiger partial charge >= 0.3 is 11.5 Å². The minimum Gasteiger partial charge on any atom is -0.423 e. The van der Waals surface area contributed by atoms with Crippen LogP contribution >= 0.6 is 11.3 Å². The third kappa shape index (κ3) is 8.84. The molecule has 0 spiro atoms. The Hall–Kier alpha value is -6.28. The van der Waals surface area contributed by atoms with Crippen LogP contribution in [0.25, 0.3) is 44.1 Å². The summed E-state index contributed by atoms with van der Waals surface area (Å²) >= 11 is 1.73. The van der Waals surface area contributed by atoms with Gasteiger partial charge in [0.15, 0.2) is 22.4 Å². The molecule has 0 aliphatic rings. The molecule has 0 saturated carbocycles. The largest absolute Gasteiger partial charge is 0.439 e. The molecular formula is C40H40N8O5S. The molecule has 0 radical (unpaired) electrons. The molecular weight excluding hydrogens is 705 g/mol. The molecule has 0 amide bonds. The number of para-hydroxylation sites is 3. The minimum atomic E-state index is -0.559. The number of aromatic amines is 2. The molecule has 0 fully saturated rings. The first-order valence-electron chi connectivity index (χ1n) is 18.0. The first-order chi connectivity index (χ1) is 26.4. The van der Waals surface area contributed by atoms with Gasteiger partial charge in [-0.1, -0.05) is 121 Å². The van der Waals surface area contributed by atoms with Crippen LogP contribution in [0.4, 0.5) is 11.1 Å². The number of benzene rings is 4. The van der Waals surface area contributed by atoms with E-state index in [2.05, 4.69) is 82.2 Å². The molecule has 0 aliphatic carbocycles. The Morgan fingerprint density at radius 3 is 1.70 bits per heavy atom. The van der Waals surface area contributed by atoms with E-state index in [0.29, 0.717) is 24.2 Å². The second-order valence-electron chi connectivity index (χ2n) is 12.8. The number of rotatable bonds is 14. The standard InChI is InChI=1S/C20H20N4O3.C20H20N4O2S/c1-2-3-12-24(19-21-16-6-4-5-7-17(16)26-19)13-14-8-10-15(11-9-14)18-22-20(25)27-23-18;1-2-3-12-24(19-21-16-6-4-5-7-17(16)27-19)13-14-8-10-15(11-9-14)18-22-20(25)26-23-18/h2*4-11H,2-3,12-13H2,1H3,(H,22,23,25). The predicted molar refractivity (Wildman–Crippen MR) is 211 cm³/mol. The lowest BCUT2D eigenvalue weighted by Gasteiger charge is -2.21. The van der Waals surface area contributed by atoms with Gasteiger partial charge in [0, 0.05) is 37.3 Å². The van der Waals surface area contributed by atoms with E-state index in [1.807, 2.05) is 72.8 Å². The van der Waals surface area contributed by atoms with Gasteiger partial charge in [0.05, 0.1) is 10.2 Å². The summed E-state index contributed by atoms with van der Waals surface area (Å²) in [7, 11) is 0. The number of fused-ring (bicyclic) bond motifs is 2. The Morgan fingerprint density at radius 2 is 1.17 bits per heavy atom. The molecule has 14 heteroatoms. The molecule has 13 nitrogen and oxygen atoms in total. The van der Waals surface area contributed by atoms with Crippen molar-refractivity contribution >= 4 is 43.8 Å². The number of hydrogen-bond donors (Lipinski definition) is 2. The van der Waals surface area contributed by atoms with Crippen molar-refractivity contribution in [2.24, 2.45) is 0 Å². The summed E-state index contributed by atoms with van der Waals surface area (Å²) < 4.78 is 16.3. The second kappa shape index (κ2) is 17.0. The van der Waals surface area contributed by atoms with Gasteiger partial charge in [0.1, 0.15) is 5.52 Å². The van der Waals surface area contributed by atoms with Gasteiger partial charge in [0.2, 0.25) is 0 Å². The Balaban J connectivity index is 0.000000167. The lowest BCUT2D eigenvalue weighted by atomic mass is 10.1. The summed E-state index contributed by atoms with van der Waals surface area (Å²) in [6.45, 7) is 7.66. The SMILES string of the molecule is CCCCN(Cc1ccc(-c2noc(=O)[nH]2)cc1)c1nc2ccccc2o1.CCCCN(Cc1ccc(-c2noc(=O)[nH]2)cc1)c1nc2ccccc2s1. The third-order valence-electron chi connectivity index (χ3n) is 8.75. The Labute approximate surface area is 314 Å². The maximum Gasteiger partial charge on any atom is 0.439 e. The van der Waals surface area contributed by atoms with Crippen molar-refractivity contribution in [3.05, 3.63) is 129 Å². The van der Waals surface area contributed by atoms with Gasteiger partial charge in [-0.3, -0.25) is 19.0 Å². The van der Waals surface area contributed by atoms with Gasteiger partial charge in [-0.25, -0.2) is 14.6 Å². The fourth-order valence-corrected chi connectivity index (χ4v) is 6.85. The van der Waals surface area contributed by atoms with E-state index in [9.17, 15) is 9.59 Å². The van der Waals surface area contributed by atoms with Crippen LogP contribution in [0.1, 0.15) is 50.7 Å². The number of nitrogens with zero attached hydrogens (tertiary/aromatic N) is 6. The zero-order valence-electron chi connectivity index (χ0n) is 30.0. The van der Waals surface area contributed by atoms with Gasteiger partial charge in [-0.05, 0) is 48.2 Å². The molecule has 0 bridgehead atoms. The normalized spacial score (nSPS) is 11.1. The van der Waals surface area contributed by atoms with E-state index in [1.54, 1.807) is 11.3 Å². The van der Waals surface area contributed by atoms with Crippen molar-refractivity contribution in [1.82, 2.24) is 30.2 Å². The highest BCUT2D eigenvalue weighted by molar-refractivity contribution is 7.22. The van der Waals surface area contributed by atoms with Crippen LogP contribution < -0.4 is 21.3 Å². The molecule has 0 unspecified atom stereocenters. The van der Waals surface area contributed by atoms with E-state index in [4.69, 9.17) is 9.40 Å². The van der Waals surface area contributed by atoms with Crippen LogP contribution in [0.3, 0.4) is 0 Å². The van der Waals surface area contributed by atoms with Crippen molar-refractivity contribution in [3.63, 3.8) is 0 Å². The maximum absolute atomic E-state index is 11.1. The topological polar surface area (TPSA) is 163 Å². The fraction of sp³-hybridized carbons (Fsp3) is 0.250. The van der Waals surface area contributed by atoms with Crippen molar-refractivity contribution < 1.29 is 13.5 Å². The lowest BCUT2D eigenvalue weighted by Crippen LogP contribution is -2.24. The molecule has 8 aromatic rings. The Morgan fingerprint density at radius 1 is 0.630 bits per heavy atom. The van der Waals surface area contributed by atoms with Crippen LogP contribution in [0, 0.1) is 0 Å². The number of unbranched alkanes of at least 4 members (excludes halogenated alkanes) is 2. The van der Waals surface area contributed by atoms with E-state index < -0.39 is 11.5 Å². The average molecular weight is 745 g/mol. The van der Waals surface area contributed by atoms with Gasteiger partial charge < -0.3 is 14.2 Å². The van der Waals surface area contributed by atoms with Crippen molar-refractivity contribution in [1.29, 1.82) is 0 Å². The Kier molecular flexibility index (Phi) is 11.4. The number of nitrogens with one attached hydrogen (secondary N) is 2. The van der Waals surface area contributed by atoms with E-state index in [-0.39, 0.29) is 0 Å². The molecule has 0 saturated heterocycles. The van der Waals surface area contributed by atoms with Crippen LogP contribution in [0.15, 0.2) is 120 Å². The number of aromatic nitrogens is 6. The molecule has 0 atom stereocenters. The summed E-state index contributed by atoms with van der Waals surface area (Å²) in [6, 6.07) is 32.5. The first kappa shape index (κ1) is 36.1. The van der Waals surface area contributed by atoms with Crippen LogP contribution in [0.5, 0.6) is 0 Å². The van der Waals surface area contributed by atoms with Crippen molar-refractivity contribution in [2.75, 3.05) is 22.9 Å². The smallest absolute Gasteiger partial charge is 0.423 e. The number of thiazole rings is 1. The monoisotopic (exact) mass is 744 g/mol. The van der Waals surface area contributed by atoms with Gasteiger partial charge in [-0.15, -0.1) is 0 Å². The lowest BCUT2D eigenvalue weighted by molar-refractivity contribution is 0.387. The summed E-state index contributed by atoms with van der Waals surface area (Å²) in [5.74, 6) is -0.236. The highest BCUT2D eigenvalue weighted by Gasteiger charge is 2.16. The molecule has 0 aliphatic heterocycles. The molecule has 4 aromatic heterocycles. The zero-order chi connectivity index (χ0) is 37.3. The third-order valence-corrected chi connectivity index (χ3v) is 9.85. The molecule has 4 aromatic carbocycles. The molecule has 4 heterocycles. The highest BCUT2D eigenvalue weighted by atomic mass is 32.1. The Bertz CT molecular complexity index is 2270. The number of oxazole rings is 1. The van der Waals surface area contributed by atoms with Crippen LogP contribution in [0.2, 0.25) is 0 Å². The molecule has 8 rings (SSSR count). The van der Waals surface area contributed by atoms with E-state index >= 15 is 0 Å². The van der Waals surface area contributed by atoms with E-state index in [0.717, 1.165) is 83.8 Å². The minimum absolute atomic E-state index is 0.424. The van der Waals surface area contributed by atoms with Crippen LogP contribution in [-0.2, 0) is 13.1 Å². The quantitative estimate of drug-likeness (QED) is 0.110. The number of anilines is 2. The molecule has 54 heavy (non-hydrogen) atoms. The first-order valence-corrected chi connectivity index (χ1v) is 18.8. The molecule has 276 valence electrons. The average Bonchev–Trinajstić information content (AvgIpc) is 4.02. The second-order valence-corrected chi connectivity index (χ2v) is 13.8. The number of H-pyrrole nitrogens is 2. The predicted octanol–water partition coefficient (Wildman–Crippen LogP) is 8.42. The van der Waals surface area contributed by atoms with E-state index in [1.165, 1.54) is 10.3 Å². The summed E-state index contributed by atoms with van der Waals surface area (Å²) in [4.78, 5) is 41.3. The van der Waals surface area contributed by atoms with Gasteiger partial charge in [0.25, 0.3) is 6.01 Å². The van der Waals surface area contributed by atoms with Gasteiger partial charge in [-0.2, -0.15) is 4.98 Å². The zero-order valence-corrected chi connectivity index (χ0v) is 30.8. The highest BCUT2D eigenvalue weighted by Crippen LogP contribution is 2.30. The van der Waals surface area contributed by atoms with Crippen molar-refractivity contribution in [3.8, 4) is 22.8 Å². The molecule has 2 N–H and O–H groups in total. The van der Waals surface area contributed by atoms with Crippen LogP contribution in [-0.4, -0.2) is 43.3 Å². The summed E-state index contributed by atoms with van der Waals surface area (Å²) in [5.41, 5.74) is 6.61. The fourth-order valence-electron chi connectivity index (χ4n) is 5.86. The summed E-state index contributed by atoms with van der Waals surface area (Å²) in [6.07, 6.45) is 4.40. The maximum atomic E-state index is 11.1. The summed E-state index contributed by atoms with van der Waals surface area (Å²) in [5, 5.41) is 8.49. The van der Waals surface area contributed by atoms with Crippen molar-refractivity contribution in [2.45, 2.75) is 52.6 Å². The number of hydrogen-bond acceptors (Lipinski definition) is 12.